The third-order valence-electron chi connectivity index (χ3n) is 9.26. The topological polar surface area (TPSA) is 72.0 Å². The van der Waals surface area contributed by atoms with Crippen LogP contribution in [0.5, 0.6) is 0 Å². The van der Waals surface area contributed by atoms with Crippen LogP contribution >= 0.6 is 0 Å². The van der Waals surface area contributed by atoms with Crippen molar-refractivity contribution in [1.82, 2.24) is 14.8 Å². The molecule has 1 saturated carbocycles. The average Bonchev–Trinajstić information content (AvgIpc) is 3.31. The van der Waals surface area contributed by atoms with E-state index in [1.807, 2.05) is 54.4 Å². The maximum atomic E-state index is 13.2. The summed E-state index contributed by atoms with van der Waals surface area (Å²) in [6.07, 6.45) is 22.9. The lowest BCUT2D eigenvalue weighted by Gasteiger charge is -2.39. The highest BCUT2D eigenvalue weighted by atomic mass is 16.6. The van der Waals surface area contributed by atoms with E-state index in [0.717, 1.165) is 63.1 Å². The summed E-state index contributed by atoms with van der Waals surface area (Å²) in [5.74, 6) is -0.0439. The van der Waals surface area contributed by atoms with Crippen molar-refractivity contribution in [3.05, 3.63) is 66.0 Å². The van der Waals surface area contributed by atoms with Gasteiger partial charge in [0.05, 0.1) is 0 Å². The number of carbonyl (C=O) groups is 2. The van der Waals surface area contributed by atoms with E-state index in [9.17, 15) is 9.59 Å². The Morgan fingerprint density at radius 3 is 2.44 bits per heavy atom. The zero-order valence-corrected chi connectivity index (χ0v) is 26.7. The Labute approximate surface area is 259 Å². The number of aromatic nitrogens is 1. The van der Waals surface area contributed by atoms with E-state index in [0.29, 0.717) is 12.5 Å². The molecule has 0 aromatic carbocycles. The summed E-state index contributed by atoms with van der Waals surface area (Å²) in [7, 11) is 0. The van der Waals surface area contributed by atoms with E-state index in [4.69, 9.17) is 9.47 Å². The molecule has 2 fully saturated rings. The molecule has 0 radical (unpaired) electrons. The number of piperazine rings is 1. The monoisotopic (exact) mass is 591 g/mol. The number of hydrogen-bond acceptors (Lipinski definition) is 6. The van der Waals surface area contributed by atoms with Crippen LogP contribution in [0.3, 0.4) is 0 Å². The van der Waals surface area contributed by atoms with Crippen molar-refractivity contribution in [3.8, 4) is 0 Å². The van der Waals surface area contributed by atoms with Gasteiger partial charge in [-0.3, -0.25) is 14.7 Å². The van der Waals surface area contributed by atoms with Crippen molar-refractivity contribution in [2.75, 3.05) is 26.2 Å². The molecule has 3 heterocycles. The molecule has 7 heteroatoms. The fraction of sp³-hybridized carbons (Fsp3) is 0.639. The van der Waals surface area contributed by atoms with Crippen LogP contribution in [0.25, 0.3) is 0 Å². The van der Waals surface area contributed by atoms with Gasteiger partial charge in [0.2, 0.25) is 0 Å². The van der Waals surface area contributed by atoms with E-state index in [1.54, 1.807) is 0 Å². The largest absolute Gasteiger partial charge is 0.457 e. The minimum atomic E-state index is -0.383. The molecule has 0 bridgehead atoms. The number of esters is 1. The summed E-state index contributed by atoms with van der Waals surface area (Å²) in [5, 5.41) is 0. The minimum absolute atomic E-state index is 0.0643. The lowest BCUT2D eigenvalue weighted by Crippen LogP contribution is -2.52. The highest BCUT2D eigenvalue weighted by molar-refractivity contribution is 5.70. The third-order valence-corrected chi connectivity index (χ3v) is 9.26. The first kappa shape index (κ1) is 33.0. The summed E-state index contributed by atoms with van der Waals surface area (Å²) < 4.78 is 12.1. The van der Waals surface area contributed by atoms with Gasteiger partial charge in [-0.15, -0.1) is 0 Å². The van der Waals surface area contributed by atoms with Gasteiger partial charge >= 0.3 is 12.1 Å². The molecule has 3 aliphatic rings. The third kappa shape index (κ3) is 10.6. The van der Waals surface area contributed by atoms with Crippen molar-refractivity contribution < 1.29 is 19.1 Å². The number of hydrogen-bond donors (Lipinski definition) is 0. The molecule has 1 aromatic rings. The van der Waals surface area contributed by atoms with Gasteiger partial charge in [0.15, 0.2) is 0 Å². The summed E-state index contributed by atoms with van der Waals surface area (Å²) in [5.41, 5.74) is 1.99. The van der Waals surface area contributed by atoms with E-state index in [1.165, 1.54) is 38.5 Å². The van der Waals surface area contributed by atoms with Crippen LogP contribution in [-0.2, 0) is 14.3 Å². The zero-order chi connectivity index (χ0) is 30.4. The van der Waals surface area contributed by atoms with Gasteiger partial charge in [-0.2, -0.15) is 0 Å². The minimum Gasteiger partial charge on any atom is -0.457 e. The number of ether oxygens (including phenoxy) is 2. The molecule has 1 aliphatic carbocycles. The second-order valence-corrected chi connectivity index (χ2v) is 12.7. The zero-order valence-electron chi connectivity index (χ0n) is 26.7. The number of nitrogens with zero attached hydrogens (tertiary/aromatic N) is 3. The predicted octanol–water partition coefficient (Wildman–Crippen LogP) is 7.60. The van der Waals surface area contributed by atoms with Crippen LogP contribution in [-0.4, -0.2) is 71.3 Å². The Hall–Kier alpha value is -2.93. The molecular weight excluding hydrogens is 538 g/mol. The van der Waals surface area contributed by atoms with Crippen LogP contribution < -0.4 is 0 Å². The Morgan fingerprint density at radius 2 is 1.72 bits per heavy atom. The Kier molecular flexibility index (Phi) is 13.3. The van der Waals surface area contributed by atoms with Crippen molar-refractivity contribution >= 4 is 12.1 Å². The molecule has 2 aliphatic heterocycles. The number of amides is 1. The highest BCUT2D eigenvalue weighted by Crippen LogP contribution is 2.25. The summed E-state index contributed by atoms with van der Waals surface area (Å²) >= 11 is 0. The maximum absolute atomic E-state index is 13.2. The molecule has 0 unspecified atom stereocenters. The summed E-state index contributed by atoms with van der Waals surface area (Å²) in [6.45, 7) is 9.52. The maximum Gasteiger partial charge on any atom is 0.410 e. The highest BCUT2D eigenvalue weighted by Gasteiger charge is 2.29. The van der Waals surface area contributed by atoms with Crippen LogP contribution in [0, 0.1) is 5.92 Å². The summed E-state index contributed by atoms with van der Waals surface area (Å²) in [6, 6.07) is 6.61. The smallest absolute Gasteiger partial charge is 0.410 e. The molecule has 236 valence electrons. The predicted molar refractivity (Wildman–Crippen MR) is 172 cm³/mol. The van der Waals surface area contributed by atoms with Crippen molar-refractivity contribution in [2.24, 2.45) is 5.92 Å². The van der Waals surface area contributed by atoms with Gasteiger partial charge in [0, 0.05) is 62.4 Å². The fourth-order valence-electron chi connectivity index (χ4n) is 6.51. The SMILES string of the molecule is C/C(=C\C=C\[C@H](C)c1ccccn1)[C@H]1OC(=O)CCCCC[C@H](OC(=O)N2CCN(C3CCCCCC3)CC2)/C=C/[C@@H]1C. The Morgan fingerprint density at radius 1 is 1.00 bits per heavy atom. The van der Waals surface area contributed by atoms with Gasteiger partial charge < -0.3 is 14.4 Å². The molecule has 43 heavy (non-hydrogen) atoms. The number of carbonyl (C=O) groups excluding carboxylic acids is 2. The van der Waals surface area contributed by atoms with Crippen LogP contribution in [0.4, 0.5) is 4.79 Å². The lowest BCUT2D eigenvalue weighted by atomic mass is 9.95. The standard InChI is InChI=1S/C36H53N3O4/c1-28(33-19-11-12-23-37-33)14-13-15-29(2)35-30(3)21-22-32(18-9-6-10-20-34(40)43-35)42-36(41)39-26-24-38(25-27-39)31-16-7-4-5-8-17-31/h11-15,19,21-23,28,30-32,35H,4-10,16-18,20,24-27H2,1-3H3/b14-13+,22-21+,29-15+/t28-,30-,32-,35+/m0/s1. The van der Waals surface area contributed by atoms with Crippen molar-refractivity contribution in [2.45, 2.75) is 116 Å². The first-order valence-corrected chi connectivity index (χ1v) is 16.7. The van der Waals surface area contributed by atoms with E-state index >= 15 is 0 Å². The van der Waals surface area contributed by atoms with E-state index < -0.39 is 0 Å². The van der Waals surface area contributed by atoms with E-state index in [2.05, 4.69) is 35.9 Å². The fourth-order valence-corrected chi connectivity index (χ4v) is 6.51. The van der Waals surface area contributed by atoms with Gasteiger partial charge in [-0.25, -0.2) is 4.79 Å². The van der Waals surface area contributed by atoms with Crippen LogP contribution in [0.1, 0.15) is 103 Å². The van der Waals surface area contributed by atoms with Crippen molar-refractivity contribution in [3.63, 3.8) is 0 Å². The normalized spacial score (nSPS) is 27.4. The molecule has 1 amide bonds. The average molecular weight is 592 g/mol. The number of rotatable bonds is 6. The molecule has 7 nitrogen and oxygen atoms in total. The van der Waals surface area contributed by atoms with Gasteiger partial charge in [-0.05, 0) is 62.8 Å². The number of allylic oxidation sites excluding steroid dienone is 3. The first-order chi connectivity index (χ1) is 20.9. The number of pyridine rings is 1. The number of cyclic esters (lactones) is 1. The Bertz CT molecular complexity index is 1080. The molecule has 4 atom stereocenters. The lowest BCUT2D eigenvalue weighted by molar-refractivity contribution is -0.148. The van der Waals surface area contributed by atoms with Crippen molar-refractivity contribution in [1.29, 1.82) is 0 Å². The Balaban J connectivity index is 1.36. The molecular formula is C36H53N3O4. The van der Waals surface area contributed by atoms with E-state index in [-0.39, 0.29) is 36.1 Å². The van der Waals surface area contributed by atoms with Gasteiger partial charge in [-0.1, -0.05) is 76.3 Å². The first-order valence-electron chi connectivity index (χ1n) is 16.7. The molecule has 1 aromatic heterocycles. The van der Waals surface area contributed by atoms with Gasteiger partial charge in [0.25, 0.3) is 0 Å². The van der Waals surface area contributed by atoms with Crippen LogP contribution in [0.2, 0.25) is 0 Å². The summed E-state index contributed by atoms with van der Waals surface area (Å²) in [4.78, 5) is 34.8. The van der Waals surface area contributed by atoms with Gasteiger partial charge in [0.1, 0.15) is 12.2 Å². The quantitative estimate of drug-likeness (QED) is 0.147. The second kappa shape index (κ2) is 17.4. The molecule has 0 spiro atoms. The molecule has 4 rings (SSSR count). The molecule has 1 saturated heterocycles. The second-order valence-electron chi connectivity index (χ2n) is 12.7. The molecule has 0 N–H and O–H groups in total. The van der Waals surface area contributed by atoms with Crippen LogP contribution in [0.15, 0.2) is 60.3 Å².